The minimum atomic E-state index is -4.45. The SMILES string of the molecule is CNCc1ccc(-n2nc(C(F)(F)F)cc2C2COC2)cc1. The highest BCUT2D eigenvalue weighted by Gasteiger charge is 2.37. The van der Waals surface area contributed by atoms with E-state index in [9.17, 15) is 13.2 Å². The smallest absolute Gasteiger partial charge is 0.380 e. The van der Waals surface area contributed by atoms with Crippen molar-refractivity contribution in [3.05, 3.63) is 47.3 Å². The first kappa shape index (κ1) is 15.1. The second kappa shape index (κ2) is 5.73. The molecule has 2 aromatic rings. The highest BCUT2D eigenvalue weighted by Crippen LogP contribution is 2.33. The van der Waals surface area contributed by atoms with Crippen molar-refractivity contribution in [2.75, 3.05) is 20.3 Å². The summed E-state index contributed by atoms with van der Waals surface area (Å²) in [4.78, 5) is 0. The summed E-state index contributed by atoms with van der Waals surface area (Å²) in [6.07, 6.45) is -4.45. The van der Waals surface area contributed by atoms with Crippen molar-refractivity contribution in [2.45, 2.75) is 18.6 Å². The molecule has 1 N–H and O–H groups in total. The lowest BCUT2D eigenvalue weighted by Gasteiger charge is -2.26. The van der Waals surface area contributed by atoms with Gasteiger partial charge in [0.25, 0.3) is 0 Å². The molecular weight excluding hydrogens is 295 g/mol. The summed E-state index contributed by atoms with van der Waals surface area (Å²) >= 11 is 0. The molecule has 3 rings (SSSR count). The number of hydrogen-bond donors (Lipinski definition) is 1. The lowest BCUT2D eigenvalue weighted by molar-refractivity contribution is -0.141. The van der Waals surface area contributed by atoms with Crippen molar-refractivity contribution in [1.82, 2.24) is 15.1 Å². The van der Waals surface area contributed by atoms with Crippen LogP contribution >= 0.6 is 0 Å². The first-order chi connectivity index (χ1) is 10.5. The van der Waals surface area contributed by atoms with E-state index in [-0.39, 0.29) is 5.92 Å². The topological polar surface area (TPSA) is 39.1 Å². The number of aromatic nitrogens is 2. The van der Waals surface area contributed by atoms with Gasteiger partial charge in [-0.05, 0) is 30.8 Å². The van der Waals surface area contributed by atoms with Crippen molar-refractivity contribution in [3.8, 4) is 5.69 Å². The molecule has 1 aromatic heterocycles. The molecule has 0 radical (unpaired) electrons. The van der Waals surface area contributed by atoms with Crippen LogP contribution in [0.5, 0.6) is 0 Å². The molecule has 1 saturated heterocycles. The molecule has 1 aliphatic heterocycles. The van der Waals surface area contributed by atoms with Crippen LogP contribution in [-0.4, -0.2) is 30.0 Å². The van der Waals surface area contributed by atoms with Gasteiger partial charge in [-0.15, -0.1) is 0 Å². The molecule has 22 heavy (non-hydrogen) atoms. The van der Waals surface area contributed by atoms with Gasteiger partial charge in [0.1, 0.15) is 0 Å². The molecule has 1 aromatic carbocycles. The van der Waals surface area contributed by atoms with E-state index < -0.39 is 11.9 Å². The van der Waals surface area contributed by atoms with E-state index >= 15 is 0 Å². The lowest BCUT2D eigenvalue weighted by Crippen LogP contribution is -2.27. The van der Waals surface area contributed by atoms with Crippen molar-refractivity contribution >= 4 is 0 Å². The summed E-state index contributed by atoms with van der Waals surface area (Å²) in [6.45, 7) is 1.57. The minimum Gasteiger partial charge on any atom is -0.380 e. The summed E-state index contributed by atoms with van der Waals surface area (Å²) in [5.74, 6) is -0.0411. The van der Waals surface area contributed by atoms with Crippen LogP contribution in [-0.2, 0) is 17.5 Å². The Bertz CT molecular complexity index is 645. The third kappa shape index (κ3) is 2.86. The number of hydrogen-bond acceptors (Lipinski definition) is 3. The average Bonchev–Trinajstić information content (AvgIpc) is 2.83. The first-order valence-electron chi connectivity index (χ1n) is 6.98. The van der Waals surface area contributed by atoms with E-state index in [1.165, 1.54) is 4.68 Å². The molecule has 0 spiro atoms. The summed E-state index contributed by atoms with van der Waals surface area (Å²) in [5.41, 5.74) is 1.36. The summed E-state index contributed by atoms with van der Waals surface area (Å²) < 4.78 is 45.3. The quantitative estimate of drug-likeness (QED) is 0.943. The van der Waals surface area contributed by atoms with Crippen molar-refractivity contribution in [2.24, 2.45) is 0 Å². The summed E-state index contributed by atoms with van der Waals surface area (Å²) in [6, 6.07) is 8.43. The highest BCUT2D eigenvalue weighted by atomic mass is 19.4. The third-order valence-corrected chi connectivity index (χ3v) is 3.65. The van der Waals surface area contributed by atoms with Crippen LogP contribution in [0.2, 0.25) is 0 Å². The molecule has 2 heterocycles. The number of alkyl halides is 3. The van der Waals surface area contributed by atoms with Gasteiger partial charge in [0.05, 0.1) is 24.6 Å². The van der Waals surface area contributed by atoms with Crippen LogP contribution in [0.3, 0.4) is 0 Å². The zero-order chi connectivity index (χ0) is 15.7. The normalized spacial score (nSPS) is 15.8. The Kier molecular flexibility index (Phi) is 3.92. The Hall–Kier alpha value is -1.86. The number of halogens is 3. The van der Waals surface area contributed by atoms with E-state index in [0.717, 1.165) is 11.6 Å². The number of ether oxygens (including phenoxy) is 1. The van der Waals surface area contributed by atoms with E-state index in [1.807, 2.05) is 19.2 Å². The van der Waals surface area contributed by atoms with E-state index in [1.54, 1.807) is 12.1 Å². The maximum atomic E-state index is 12.9. The van der Waals surface area contributed by atoms with Gasteiger partial charge in [0.2, 0.25) is 0 Å². The monoisotopic (exact) mass is 311 g/mol. The molecule has 7 heteroatoms. The zero-order valence-corrected chi connectivity index (χ0v) is 12.0. The van der Waals surface area contributed by atoms with Crippen LogP contribution in [0.15, 0.2) is 30.3 Å². The molecule has 0 amide bonds. The van der Waals surface area contributed by atoms with Gasteiger partial charge in [-0.2, -0.15) is 18.3 Å². The molecule has 0 saturated carbocycles. The van der Waals surface area contributed by atoms with Crippen LogP contribution in [0.25, 0.3) is 5.69 Å². The molecule has 1 aliphatic rings. The number of benzene rings is 1. The number of rotatable bonds is 4. The van der Waals surface area contributed by atoms with Crippen LogP contribution in [0, 0.1) is 0 Å². The van der Waals surface area contributed by atoms with Gasteiger partial charge in [0, 0.05) is 12.5 Å². The Morgan fingerprint density at radius 2 is 1.95 bits per heavy atom. The predicted molar refractivity (Wildman–Crippen MR) is 74.9 cm³/mol. The Morgan fingerprint density at radius 1 is 1.27 bits per heavy atom. The molecule has 0 atom stereocenters. The minimum absolute atomic E-state index is 0.0411. The van der Waals surface area contributed by atoms with E-state index in [0.29, 0.717) is 31.1 Å². The lowest BCUT2D eigenvalue weighted by atomic mass is 10.0. The van der Waals surface area contributed by atoms with Crippen molar-refractivity contribution in [3.63, 3.8) is 0 Å². The van der Waals surface area contributed by atoms with Crippen molar-refractivity contribution in [1.29, 1.82) is 0 Å². The largest absolute Gasteiger partial charge is 0.435 e. The predicted octanol–water partition coefficient (Wildman–Crippen LogP) is 2.72. The van der Waals surface area contributed by atoms with E-state index in [4.69, 9.17) is 4.74 Å². The fraction of sp³-hybridized carbons (Fsp3) is 0.400. The molecule has 0 bridgehead atoms. The second-order valence-corrected chi connectivity index (χ2v) is 5.30. The standard InChI is InChI=1S/C15H16F3N3O/c1-19-7-10-2-4-12(5-3-10)21-13(11-8-22-9-11)6-14(20-21)15(16,17)18/h2-6,11,19H,7-9H2,1H3. The van der Waals surface area contributed by atoms with Crippen LogP contribution in [0.4, 0.5) is 13.2 Å². The Labute approximate surface area is 125 Å². The van der Waals surface area contributed by atoms with Gasteiger partial charge in [-0.25, -0.2) is 4.68 Å². The average molecular weight is 311 g/mol. The summed E-state index contributed by atoms with van der Waals surface area (Å²) in [7, 11) is 1.84. The van der Waals surface area contributed by atoms with Gasteiger partial charge >= 0.3 is 6.18 Å². The maximum Gasteiger partial charge on any atom is 0.435 e. The summed E-state index contributed by atoms with van der Waals surface area (Å²) in [5, 5.41) is 6.78. The Balaban J connectivity index is 1.98. The zero-order valence-electron chi connectivity index (χ0n) is 12.0. The van der Waals surface area contributed by atoms with Gasteiger partial charge in [-0.3, -0.25) is 0 Å². The highest BCUT2D eigenvalue weighted by molar-refractivity contribution is 5.37. The Morgan fingerprint density at radius 3 is 2.45 bits per heavy atom. The molecular formula is C15H16F3N3O. The van der Waals surface area contributed by atoms with Gasteiger partial charge in [0.15, 0.2) is 5.69 Å². The number of nitrogens with one attached hydrogen (secondary N) is 1. The molecule has 0 aliphatic carbocycles. The molecule has 118 valence electrons. The van der Waals surface area contributed by atoms with Gasteiger partial charge in [-0.1, -0.05) is 12.1 Å². The maximum absolute atomic E-state index is 12.9. The molecule has 4 nitrogen and oxygen atoms in total. The fourth-order valence-corrected chi connectivity index (χ4v) is 2.40. The van der Waals surface area contributed by atoms with Gasteiger partial charge < -0.3 is 10.1 Å². The number of nitrogens with zero attached hydrogens (tertiary/aromatic N) is 2. The third-order valence-electron chi connectivity index (χ3n) is 3.65. The first-order valence-corrected chi connectivity index (χ1v) is 6.98. The van der Waals surface area contributed by atoms with Crippen LogP contribution in [0.1, 0.15) is 22.9 Å². The second-order valence-electron chi connectivity index (χ2n) is 5.30. The van der Waals surface area contributed by atoms with Crippen molar-refractivity contribution < 1.29 is 17.9 Å². The molecule has 1 fully saturated rings. The fourth-order valence-electron chi connectivity index (χ4n) is 2.40. The van der Waals surface area contributed by atoms with E-state index in [2.05, 4.69) is 10.4 Å². The molecule has 0 unspecified atom stereocenters. The van der Waals surface area contributed by atoms with Crippen LogP contribution < -0.4 is 5.32 Å².